The molecular weight excluding hydrogens is 811 g/mol. The molecule has 13 heteroatoms. The number of aliphatic carboxylic acids is 1. The number of rotatable bonds is 15. The average Bonchev–Trinajstić information content (AvgIpc) is 3.76. The first-order valence-electron chi connectivity index (χ1n) is 23.9. The van der Waals surface area contributed by atoms with Gasteiger partial charge in [-0.05, 0) is 155 Å². The van der Waals surface area contributed by atoms with Gasteiger partial charge < -0.3 is 43.9 Å². The van der Waals surface area contributed by atoms with Crippen LogP contribution in [0.15, 0.2) is 36.4 Å². The second-order valence-electron chi connectivity index (χ2n) is 18.8. The zero-order valence-corrected chi connectivity index (χ0v) is 38.7. The van der Waals surface area contributed by atoms with Crippen molar-refractivity contribution >= 4 is 45.5 Å². The van der Waals surface area contributed by atoms with Crippen LogP contribution in [0.25, 0.3) is 21.8 Å². The molecule has 2 aromatic carbocycles. The molecule has 348 valence electrons. The summed E-state index contributed by atoms with van der Waals surface area (Å²) in [6.45, 7) is 5.08. The summed E-state index contributed by atoms with van der Waals surface area (Å²) in [5.41, 5.74) is 9.46. The molecule has 0 bridgehead atoms. The van der Waals surface area contributed by atoms with E-state index in [0.717, 1.165) is 76.8 Å². The molecule has 4 aromatic rings. The Kier molecular flexibility index (Phi) is 16.2. The van der Waals surface area contributed by atoms with Crippen molar-refractivity contribution in [3.05, 3.63) is 70.0 Å². The SMILES string of the molecule is CN(CCCC(=O)NCCCO)C(=O)c1ccc2c(c1)c1c(n2C)CC[C@@H](C2CCOCC2)C1.CN(CCCC(=O)O)C(=O)c1ccc2c(c1)c1c(n2C)CC[C@@H](C2CCOCC2)C1. The number of carbonyl (C=O) groups excluding carboxylic acids is 3. The zero-order chi connectivity index (χ0) is 45.3. The minimum absolute atomic E-state index is 0.00280. The summed E-state index contributed by atoms with van der Waals surface area (Å²) in [5.74, 6) is 1.98. The lowest BCUT2D eigenvalue weighted by Crippen LogP contribution is -2.30. The number of ether oxygens (including phenoxy) is 2. The smallest absolute Gasteiger partial charge is 0.303 e. The van der Waals surface area contributed by atoms with E-state index in [1.165, 1.54) is 70.0 Å². The van der Waals surface area contributed by atoms with Gasteiger partial charge in [-0.1, -0.05) is 0 Å². The second-order valence-corrected chi connectivity index (χ2v) is 18.8. The van der Waals surface area contributed by atoms with E-state index < -0.39 is 5.97 Å². The van der Waals surface area contributed by atoms with E-state index >= 15 is 0 Å². The van der Waals surface area contributed by atoms with Crippen LogP contribution in [-0.4, -0.2) is 120 Å². The first-order chi connectivity index (χ1) is 30.9. The molecule has 8 rings (SSSR count). The maximum absolute atomic E-state index is 13.1. The van der Waals surface area contributed by atoms with Gasteiger partial charge in [0.05, 0.1) is 0 Å². The molecular formula is C51H71N5O8. The predicted molar refractivity (Wildman–Crippen MR) is 249 cm³/mol. The van der Waals surface area contributed by atoms with Crippen molar-refractivity contribution in [2.24, 2.45) is 37.8 Å². The van der Waals surface area contributed by atoms with Gasteiger partial charge in [-0.15, -0.1) is 0 Å². The van der Waals surface area contributed by atoms with Gasteiger partial charge in [-0.25, -0.2) is 0 Å². The maximum Gasteiger partial charge on any atom is 0.303 e. The lowest BCUT2D eigenvalue weighted by molar-refractivity contribution is -0.137. The number of nitrogens with zero attached hydrogens (tertiary/aromatic N) is 4. The number of hydrogen-bond donors (Lipinski definition) is 3. The van der Waals surface area contributed by atoms with Gasteiger partial charge in [-0.3, -0.25) is 19.2 Å². The van der Waals surface area contributed by atoms with E-state index in [9.17, 15) is 19.2 Å². The third kappa shape index (κ3) is 11.0. The van der Waals surface area contributed by atoms with Crippen LogP contribution in [0.4, 0.5) is 0 Å². The summed E-state index contributed by atoms with van der Waals surface area (Å²) in [7, 11) is 7.83. The van der Waals surface area contributed by atoms with Crippen molar-refractivity contribution < 1.29 is 38.9 Å². The summed E-state index contributed by atoms with van der Waals surface area (Å²) in [6.07, 6.45) is 13.6. The van der Waals surface area contributed by atoms with Gasteiger partial charge in [0.25, 0.3) is 11.8 Å². The van der Waals surface area contributed by atoms with Gasteiger partial charge in [0.15, 0.2) is 0 Å². The Balaban J connectivity index is 0.000000193. The van der Waals surface area contributed by atoms with Crippen molar-refractivity contribution in [1.82, 2.24) is 24.3 Å². The number of carboxylic acids is 1. The fourth-order valence-corrected chi connectivity index (χ4v) is 11.0. The average molecular weight is 882 g/mol. The van der Waals surface area contributed by atoms with Crippen LogP contribution in [0.3, 0.4) is 0 Å². The van der Waals surface area contributed by atoms with Crippen LogP contribution in [0, 0.1) is 23.7 Å². The number of hydrogen-bond acceptors (Lipinski definition) is 7. The molecule has 0 saturated carbocycles. The van der Waals surface area contributed by atoms with Crippen LogP contribution in [0.2, 0.25) is 0 Å². The number of carbonyl (C=O) groups is 4. The van der Waals surface area contributed by atoms with Gasteiger partial charge in [0.2, 0.25) is 5.91 Å². The first-order valence-corrected chi connectivity index (χ1v) is 23.9. The lowest BCUT2D eigenvalue weighted by Gasteiger charge is -2.33. The fraction of sp³-hybridized carbons (Fsp3) is 0.608. The highest BCUT2D eigenvalue weighted by Crippen LogP contribution is 2.41. The third-order valence-electron chi connectivity index (χ3n) is 14.8. The Hall–Kier alpha value is -4.72. The van der Waals surface area contributed by atoms with Crippen LogP contribution >= 0.6 is 0 Å². The Bertz CT molecular complexity index is 2270. The van der Waals surface area contributed by atoms with Crippen molar-refractivity contribution in [1.29, 1.82) is 0 Å². The summed E-state index contributed by atoms with van der Waals surface area (Å²) in [6, 6.07) is 12.1. The molecule has 4 heterocycles. The molecule has 2 saturated heterocycles. The number of carboxylic acid groups (broad SMARTS) is 1. The maximum atomic E-state index is 13.1. The van der Waals surface area contributed by atoms with E-state index in [0.29, 0.717) is 68.3 Å². The minimum Gasteiger partial charge on any atom is -0.481 e. The number of aliphatic hydroxyl groups is 1. The summed E-state index contributed by atoms with van der Waals surface area (Å²) < 4.78 is 15.8. The second kappa shape index (κ2) is 22.0. The Labute approximate surface area is 378 Å². The molecule has 2 fully saturated rings. The van der Waals surface area contributed by atoms with Crippen molar-refractivity contribution in [3.8, 4) is 0 Å². The standard InChI is InChI=1S/C27H39N3O4.C24H32N2O4/c1-29(13-3-5-26(32)28-12-4-14-31)27(33)21-7-9-25-23(18-21)22-17-20(6-8-24(22)30(25)2)19-10-15-34-16-11-19;1-25(11-3-4-23(27)28)24(29)18-6-8-22-20(15-18)19-14-17(5-7-21(19)26(22)2)16-9-12-30-13-10-16/h7,9,18-20,31H,3-6,8,10-17H2,1-2H3,(H,28,32);6,8,15-17H,3-5,7,9-14H2,1-2H3,(H,27,28)/t20-;17-/m11/s1. The number of fused-ring (bicyclic) bond motifs is 6. The van der Waals surface area contributed by atoms with Crippen LogP contribution in [-0.2, 0) is 58.8 Å². The van der Waals surface area contributed by atoms with Gasteiger partial charge in [-0.2, -0.15) is 0 Å². The van der Waals surface area contributed by atoms with E-state index in [2.05, 4.69) is 52.8 Å². The van der Waals surface area contributed by atoms with Crippen LogP contribution in [0.1, 0.15) is 114 Å². The first kappa shape index (κ1) is 47.2. The van der Waals surface area contributed by atoms with E-state index in [4.69, 9.17) is 19.7 Å². The molecule has 0 spiro atoms. The van der Waals surface area contributed by atoms with Gasteiger partial charge in [0, 0.05) is 138 Å². The Morgan fingerprint density at radius 2 is 1.11 bits per heavy atom. The molecule has 4 aliphatic rings. The molecule has 2 aliphatic heterocycles. The highest BCUT2D eigenvalue weighted by Gasteiger charge is 2.33. The molecule has 2 atom stereocenters. The summed E-state index contributed by atoms with van der Waals surface area (Å²) >= 11 is 0. The van der Waals surface area contributed by atoms with Gasteiger partial charge >= 0.3 is 5.97 Å². The molecule has 0 radical (unpaired) electrons. The number of aryl methyl sites for hydroxylation is 2. The highest BCUT2D eigenvalue weighted by atomic mass is 16.5. The molecule has 3 N–H and O–H groups in total. The Morgan fingerprint density at radius 1 is 0.656 bits per heavy atom. The molecule has 3 amide bonds. The molecule has 64 heavy (non-hydrogen) atoms. The molecule has 13 nitrogen and oxygen atoms in total. The van der Waals surface area contributed by atoms with E-state index in [1.54, 1.807) is 23.9 Å². The fourth-order valence-electron chi connectivity index (χ4n) is 11.0. The van der Waals surface area contributed by atoms with Crippen molar-refractivity contribution in [2.45, 2.75) is 96.3 Å². The van der Waals surface area contributed by atoms with Crippen LogP contribution < -0.4 is 5.32 Å². The molecule has 2 aromatic heterocycles. The van der Waals surface area contributed by atoms with Crippen LogP contribution in [0.5, 0.6) is 0 Å². The summed E-state index contributed by atoms with van der Waals surface area (Å²) in [5, 5.41) is 22.8. The number of nitrogens with one attached hydrogen (secondary N) is 1. The largest absolute Gasteiger partial charge is 0.481 e. The number of benzene rings is 2. The number of aromatic nitrogens is 2. The molecule has 0 unspecified atom stereocenters. The molecule has 2 aliphatic carbocycles. The van der Waals surface area contributed by atoms with E-state index in [1.807, 2.05) is 12.1 Å². The van der Waals surface area contributed by atoms with Gasteiger partial charge in [0.1, 0.15) is 0 Å². The lowest BCUT2D eigenvalue weighted by atomic mass is 9.75. The van der Waals surface area contributed by atoms with E-state index in [-0.39, 0.29) is 30.7 Å². The zero-order valence-electron chi connectivity index (χ0n) is 38.7. The topological polar surface area (TPSA) is 156 Å². The van der Waals surface area contributed by atoms with Crippen molar-refractivity contribution in [2.75, 3.05) is 66.8 Å². The third-order valence-corrected chi connectivity index (χ3v) is 14.8. The quantitative estimate of drug-likeness (QED) is 0.111. The Morgan fingerprint density at radius 3 is 1.55 bits per heavy atom. The normalized spacial score (nSPS) is 19.1. The highest BCUT2D eigenvalue weighted by molar-refractivity contribution is 6.00. The summed E-state index contributed by atoms with van der Waals surface area (Å²) in [4.78, 5) is 52.0. The number of amides is 3. The minimum atomic E-state index is -0.827. The monoisotopic (exact) mass is 882 g/mol. The van der Waals surface area contributed by atoms with Crippen molar-refractivity contribution in [3.63, 3.8) is 0 Å². The number of aliphatic hydroxyl groups excluding tert-OH is 1. The predicted octanol–water partition coefficient (Wildman–Crippen LogP) is 6.71.